The van der Waals surface area contributed by atoms with Crippen molar-refractivity contribution in [1.29, 1.82) is 0 Å². The molecule has 0 radical (unpaired) electrons. The van der Waals surface area contributed by atoms with E-state index in [2.05, 4.69) is 4.98 Å². The smallest absolute Gasteiger partial charge is 0.328 e. The lowest BCUT2D eigenvalue weighted by molar-refractivity contribution is 0.476. The van der Waals surface area contributed by atoms with Crippen LogP contribution in [0.3, 0.4) is 0 Å². The third kappa shape index (κ3) is 1.95. The quantitative estimate of drug-likeness (QED) is 0.815. The predicted octanol–water partition coefficient (Wildman–Crippen LogP) is 1.05. The van der Waals surface area contributed by atoms with Crippen molar-refractivity contribution in [2.75, 3.05) is 0 Å². The number of hydrogen-bond donors (Lipinski definition) is 2. The fraction of sp³-hybridized carbons (Fsp3) is 0.333. The van der Waals surface area contributed by atoms with Gasteiger partial charge >= 0.3 is 5.69 Å². The van der Waals surface area contributed by atoms with E-state index >= 15 is 0 Å². The van der Waals surface area contributed by atoms with Crippen molar-refractivity contribution >= 4 is 10.9 Å². The van der Waals surface area contributed by atoms with Crippen molar-refractivity contribution in [3.63, 3.8) is 0 Å². The molecule has 2 N–H and O–H groups in total. The first-order chi connectivity index (χ1) is 8.00. The van der Waals surface area contributed by atoms with E-state index in [1.165, 1.54) is 6.07 Å². The topological polar surface area (TPSA) is 75.1 Å². The van der Waals surface area contributed by atoms with E-state index in [1.807, 2.05) is 13.8 Å². The molecule has 17 heavy (non-hydrogen) atoms. The average Bonchev–Trinajstić information content (AvgIpc) is 2.26. The molecule has 0 fully saturated rings. The normalized spacial score (nSPS) is 11.2. The third-order valence-corrected chi connectivity index (χ3v) is 2.54. The molecule has 0 aliphatic carbocycles. The highest BCUT2D eigenvalue weighted by Gasteiger charge is 2.10. The van der Waals surface area contributed by atoms with E-state index in [0.717, 1.165) is 4.57 Å². The SMILES string of the molecule is CC(C)Cn1c(=O)[nH]c2c(O)cccc2c1=O. The van der Waals surface area contributed by atoms with Crippen molar-refractivity contribution in [3.8, 4) is 5.75 Å². The zero-order valence-electron chi connectivity index (χ0n) is 9.73. The zero-order chi connectivity index (χ0) is 12.6. The molecule has 5 nitrogen and oxygen atoms in total. The van der Waals surface area contributed by atoms with Crippen LogP contribution in [0.15, 0.2) is 27.8 Å². The van der Waals surface area contributed by atoms with Crippen molar-refractivity contribution in [3.05, 3.63) is 39.0 Å². The van der Waals surface area contributed by atoms with Gasteiger partial charge in [-0.2, -0.15) is 0 Å². The van der Waals surface area contributed by atoms with Crippen molar-refractivity contribution in [2.24, 2.45) is 5.92 Å². The maximum atomic E-state index is 12.1. The Hall–Kier alpha value is -2.04. The van der Waals surface area contributed by atoms with Crippen molar-refractivity contribution in [1.82, 2.24) is 9.55 Å². The van der Waals surface area contributed by atoms with Crippen LogP contribution in [0.25, 0.3) is 10.9 Å². The maximum Gasteiger partial charge on any atom is 0.328 e. The summed E-state index contributed by atoms with van der Waals surface area (Å²) in [6.45, 7) is 4.22. The molecule has 0 saturated carbocycles. The van der Waals surface area contributed by atoms with Gasteiger partial charge in [0.15, 0.2) is 0 Å². The molecular weight excluding hydrogens is 220 g/mol. The summed E-state index contributed by atoms with van der Waals surface area (Å²) in [6.07, 6.45) is 0. The molecule has 0 spiro atoms. The van der Waals surface area contributed by atoms with Gasteiger partial charge in [0.2, 0.25) is 0 Å². The number of phenols is 1. The lowest BCUT2D eigenvalue weighted by Crippen LogP contribution is -2.36. The van der Waals surface area contributed by atoms with Crippen LogP contribution in [0, 0.1) is 5.92 Å². The summed E-state index contributed by atoms with van der Waals surface area (Å²) in [5.74, 6) is 0.108. The minimum Gasteiger partial charge on any atom is -0.506 e. The highest BCUT2D eigenvalue weighted by atomic mass is 16.3. The van der Waals surface area contributed by atoms with Crippen LogP contribution in [0.2, 0.25) is 0 Å². The summed E-state index contributed by atoms with van der Waals surface area (Å²) in [6, 6.07) is 4.60. The molecule has 1 heterocycles. The van der Waals surface area contributed by atoms with E-state index in [4.69, 9.17) is 0 Å². The van der Waals surface area contributed by atoms with Gasteiger partial charge in [-0.1, -0.05) is 19.9 Å². The Balaban J connectivity index is 2.82. The first kappa shape index (κ1) is 11.4. The third-order valence-electron chi connectivity index (χ3n) is 2.54. The molecule has 2 rings (SSSR count). The first-order valence-electron chi connectivity index (χ1n) is 5.45. The van der Waals surface area contributed by atoms with Gasteiger partial charge in [-0.25, -0.2) is 4.79 Å². The van der Waals surface area contributed by atoms with Crippen LogP contribution in [0.1, 0.15) is 13.8 Å². The van der Waals surface area contributed by atoms with E-state index in [9.17, 15) is 14.7 Å². The Bertz CT molecular complexity index is 667. The zero-order valence-corrected chi connectivity index (χ0v) is 9.73. The number of aromatic hydroxyl groups is 1. The lowest BCUT2D eigenvalue weighted by atomic mass is 10.2. The monoisotopic (exact) mass is 234 g/mol. The number of aromatic nitrogens is 2. The van der Waals surface area contributed by atoms with Gasteiger partial charge < -0.3 is 10.1 Å². The highest BCUT2D eigenvalue weighted by molar-refractivity contribution is 5.82. The molecule has 0 aliphatic rings. The molecule has 90 valence electrons. The Labute approximate surface area is 97.3 Å². The van der Waals surface area contributed by atoms with Gasteiger partial charge in [0.25, 0.3) is 5.56 Å². The molecule has 0 saturated heterocycles. The van der Waals surface area contributed by atoms with Gasteiger partial charge in [0, 0.05) is 6.54 Å². The molecule has 0 aliphatic heterocycles. The van der Waals surface area contributed by atoms with Crippen LogP contribution < -0.4 is 11.2 Å². The standard InChI is InChI=1S/C12H14N2O3/c1-7(2)6-14-11(16)8-4-3-5-9(15)10(8)13-12(14)17/h3-5,7,15H,6H2,1-2H3,(H,13,17). The lowest BCUT2D eigenvalue weighted by Gasteiger charge is -2.08. The van der Waals surface area contributed by atoms with Gasteiger partial charge in [0.1, 0.15) is 5.75 Å². The minimum absolute atomic E-state index is 0.0894. The van der Waals surface area contributed by atoms with Crippen LogP contribution >= 0.6 is 0 Å². The number of para-hydroxylation sites is 1. The van der Waals surface area contributed by atoms with E-state index in [1.54, 1.807) is 12.1 Å². The van der Waals surface area contributed by atoms with Gasteiger partial charge in [0.05, 0.1) is 10.9 Å². The fourth-order valence-corrected chi connectivity index (χ4v) is 1.79. The summed E-state index contributed by atoms with van der Waals surface area (Å²) >= 11 is 0. The van der Waals surface area contributed by atoms with Crippen LogP contribution in [-0.4, -0.2) is 14.7 Å². The first-order valence-corrected chi connectivity index (χ1v) is 5.45. The Morgan fingerprint density at radius 1 is 1.35 bits per heavy atom. The number of nitrogens with zero attached hydrogens (tertiary/aromatic N) is 1. The summed E-state index contributed by atoms with van der Waals surface area (Å²) in [5.41, 5.74) is -0.659. The molecule has 5 heteroatoms. The Kier molecular flexibility index (Phi) is 2.75. The number of hydrogen-bond acceptors (Lipinski definition) is 3. The van der Waals surface area contributed by atoms with Gasteiger partial charge in [-0.15, -0.1) is 0 Å². The number of phenolic OH excluding ortho intramolecular Hbond substituents is 1. The fourth-order valence-electron chi connectivity index (χ4n) is 1.79. The molecule has 2 aromatic rings. The number of H-pyrrole nitrogens is 1. The second-order valence-corrected chi connectivity index (χ2v) is 4.44. The Morgan fingerprint density at radius 2 is 2.06 bits per heavy atom. The number of aromatic amines is 1. The highest BCUT2D eigenvalue weighted by Crippen LogP contribution is 2.17. The molecule has 1 aromatic carbocycles. The largest absolute Gasteiger partial charge is 0.506 e. The second kappa shape index (κ2) is 4.08. The predicted molar refractivity (Wildman–Crippen MR) is 65.3 cm³/mol. The van der Waals surface area contributed by atoms with Gasteiger partial charge in [-0.05, 0) is 18.1 Å². The number of rotatable bonds is 2. The molecule has 0 bridgehead atoms. The van der Waals surface area contributed by atoms with Gasteiger partial charge in [-0.3, -0.25) is 9.36 Å². The van der Waals surface area contributed by atoms with Crippen molar-refractivity contribution in [2.45, 2.75) is 20.4 Å². The number of benzene rings is 1. The second-order valence-electron chi connectivity index (χ2n) is 4.44. The summed E-state index contributed by atoms with van der Waals surface area (Å²) < 4.78 is 1.16. The van der Waals surface area contributed by atoms with Crippen molar-refractivity contribution < 1.29 is 5.11 Å². The Morgan fingerprint density at radius 3 is 2.71 bits per heavy atom. The molecule has 0 amide bonds. The van der Waals surface area contributed by atoms with E-state index in [0.29, 0.717) is 11.9 Å². The van der Waals surface area contributed by atoms with Crippen LogP contribution in [0.4, 0.5) is 0 Å². The molecule has 0 atom stereocenters. The van der Waals surface area contributed by atoms with E-state index < -0.39 is 5.69 Å². The van der Waals surface area contributed by atoms with Crippen LogP contribution in [0.5, 0.6) is 5.75 Å². The summed E-state index contributed by atoms with van der Waals surface area (Å²) in [7, 11) is 0. The number of nitrogens with one attached hydrogen (secondary N) is 1. The summed E-state index contributed by atoms with van der Waals surface area (Å²) in [5, 5.41) is 9.90. The number of fused-ring (bicyclic) bond motifs is 1. The summed E-state index contributed by atoms with van der Waals surface area (Å²) in [4.78, 5) is 26.3. The molecule has 1 aromatic heterocycles. The average molecular weight is 234 g/mol. The molecule has 0 unspecified atom stereocenters. The molecular formula is C12H14N2O3. The maximum absolute atomic E-state index is 12.1. The van der Waals surface area contributed by atoms with Crippen LogP contribution in [-0.2, 0) is 6.54 Å². The van der Waals surface area contributed by atoms with E-state index in [-0.39, 0.29) is 22.7 Å². The minimum atomic E-state index is -0.488.